The van der Waals surface area contributed by atoms with Crippen LogP contribution in [0.5, 0.6) is 0 Å². The third kappa shape index (κ3) is 5.39. The van der Waals surface area contributed by atoms with Crippen molar-refractivity contribution < 1.29 is 13.2 Å². The van der Waals surface area contributed by atoms with Crippen LogP contribution in [0, 0.1) is 0 Å². The smallest absolute Gasteiger partial charge is 0.368 e. The number of hydrogen-bond donors (Lipinski definition) is 4. The molecule has 1 aromatic heterocycles. The number of nitrogens with zero attached hydrogens (tertiary/aromatic N) is 1. The van der Waals surface area contributed by atoms with Gasteiger partial charge in [0.25, 0.3) is 5.56 Å². The van der Waals surface area contributed by atoms with Crippen LogP contribution in [0.4, 0.5) is 24.7 Å². The molecule has 3 aromatic rings. The molecule has 0 unspecified atom stereocenters. The summed E-state index contributed by atoms with van der Waals surface area (Å²) in [6, 6.07) is 10.5. The van der Waals surface area contributed by atoms with E-state index in [0.29, 0.717) is 36.1 Å². The van der Waals surface area contributed by atoms with Crippen LogP contribution in [0.3, 0.4) is 0 Å². The van der Waals surface area contributed by atoms with Crippen molar-refractivity contribution in [2.75, 3.05) is 23.7 Å². The van der Waals surface area contributed by atoms with Gasteiger partial charge in [0.15, 0.2) is 10.9 Å². The normalized spacial score (nSPS) is 11.3. The molecular formula is C19H17ClF3N5OS. The minimum Gasteiger partial charge on any atom is -0.368 e. The average molecular weight is 456 g/mol. The zero-order valence-corrected chi connectivity index (χ0v) is 17.0. The number of H-pyrrole nitrogens is 1. The van der Waals surface area contributed by atoms with Crippen molar-refractivity contribution in [1.82, 2.24) is 15.5 Å². The first-order chi connectivity index (χ1) is 14.3. The molecule has 0 saturated carbocycles. The van der Waals surface area contributed by atoms with E-state index in [-0.39, 0.29) is 21.4 Å². The summed E-state index contributed by atoms with van der Waals surface area (Å²) in [6.07, 6.45) is -3.96. The molecule has 2 aromatic carbocycles. The van der Waals surface area contributed by atoms with E-state index in [4.69, 9.17) is 23.8 Å². The second-order valence-electron chi connectivity index (χ2n) is 6.30. The Balaban J connectivity index is 1.51. The highest BCUT2D eigenvalue weighted by molar-refractivity contribution is 7.80. The Morgan fingerprint density at radius 1 is 1.13 bits per heavy atom. The zero-order chi connectivity index (χ0) is 21.7. The molecule has 0 spiro atoms. The van der Waals surface area contributed by atoms with Crippen molar-refractivity contribution >= 4 is 51.2 Å². The molecule has 0 amide bonds. The van der Waals surface area contributed by atoms with Gasteiger partial charge < -0.3 is 16.0 Å². The summed E-state index contributed by atoms with van der Waals surface area (Å²) in [7, 11) is 0. The highest BCUT2D eigenvalue weighted by Crippen LogP contribution is 2.36. The van der Waals surface area contributed by atoms with E-state index in [1.165, 1.54) is 12.1 Å². The number of hydrogen-bond acceptors (Lipinski definition) is 4. The molecule has 6 nitrogen and oxygen atoms in total. The van der Waals surface area contributed by atoms with E-state index in [1.807, 2.05) is 6.07 Å². The van der Waals surface area contributed by atoms with Gasteiger partial charge in [-0.2, -0.15) is 18.3 Å². The maximum absolute atomic E-state index is 13.1. The molecule has 0 aliphatic rings. The lowest BCUT2D eigenvalue weighted by molar-refractivity contribution is -0.136. The molecule has 0 aliphatic heterocycles. The Morgan fingerprint density at radius 2 is 1.87 bits per heavy atom. The highest BCUT2D eigenvalue weighted by Gasteiger charge is 2.34. The van der Waals surface area contributed by atoms with Gasteiger partial charge in [-0.3, -0.25) is 4.79 Å². The number of fused-ring (bicyclic) bond motifs is 1. The van der Waals surface area contributed by atoms with E-state index < -0.39 is 11.7 Å². The Kier molecular flexibility index (Phi) is 6.78. The second-order valence-corrected chi connectivity index (χ2v) is 7.14. The van der Waals surface area contributed by atoms with Gasteiger partial charge in [0.2, 0.25) is 0 Å². The zero-order valence-electron chi connectivity index (χ0n) is 15.4. The van der Waals surface area contributed by atoms with Crippen molar-refractivity contribution in [3.8, 4) is 0 Å². The molecule has 158 valence electrons. The molecule has 0 atom stereocenters. The summed E-state index contributed by atoms with van der Waals surface area (Å²) in [6.45, 7) is 0.919. The second kappa shape index (κ2) is 9.31. The van der Waals surface area contributed by atoms with E-state index >= 15 is 0 Å². The average Bonchev–Trinajstić information content (AvgIpc) is 2.70. The molecule has 0 bridgehead atoms. The number of alkyl halides is 3. The fourth-order valence-corrected chi connectivity index (χ4v) is 3.16. The number of thiocarbonyl (C=S) groups is 1. The lowest BCUT2D eigenvalue weighted by Crippen LogP contribution is -2.31. The maximum atomic E-state index is 13.1. The number of rotatable bonds is 6. The van der Waals surface area contributed by atoms with Gasteiger partial charge in [-0.05, 0) is 42.9 Å². The number of aromatic nitrogens is 2. The van der Waals surface area contributed by atoms with E-state index in [1.54, 1.807) is 18.2 Å². The standard InChI is InChI=1S/C19H17ClF3N5OS/c20-11-6-7-15(14(10-11)19(21,22)23)26-18(30)25-9-3-8-24-16-12-4-1-2-5-13(12)17(29)28-27-16/h1-2,4-7,10H,3,8-9H2,(H,24,27)(H,28,29)(H2,25,26,30). The summed E-state index contributed by atoms with van der Waals surface area (Å²) in [4.78, 5) is 11.8. The van der Waals surface area contributed by atoms with Crippen LogP contribution in [-0.2, 0) is 6.18 Å². The van der Waals surface area contributed by atoms with E-state index in [2.05, 4.69) is 26.1 Å². The predicted molar refractivity (Wildman–Crippen MR) is 116 cm³/mol. The van der Waals surface area contributed by atoms with Crippen molar-refractivity contribution in [1.29, 1.82) is 0 Å². The molecule has 0 aliphatic carbocycles. The number of benzene rings is 2. The Hall–Kier alpha value is -2.85. The van der Waals surface area contributed by atoms with E-state index in [9.17, 15) is 18.0 Å². The lowest BCUT2D eigenvalue weighted by Gasteiger charge is -2.16. The Bertz CT molecular complexity index is 1120. The first-order valence-corrected chi connectivity index (χ1v) is 9.67. The van der Waals surface area contributed by atoms with Gasteiger partial charge in [-0.25, -0.2) is 5.10 Å². The van der Waals surface area contributed by atoms with Crippen LogP contribution in [0.1, 0.15) is 12.0 Å². The van der Waals surface area contributed by atoms with Crippen LogP contribution in [0.2, 0.25) is 5.02 Å². The number of aromatic amines is 1. The van der Waals surface area contributed by atoms with Crippen molar-refractivity contribution in [3.63, 3.8) is 0 Å². The molecule has 30 heavy (non-hydrogen) atoms. The molecule has 11 heteroatoms. The highest BCUT2D eigenvalue weighted by atomic mass is 35.5. The Morgan fingerprint density at radius 3 is 2.60 bits per heavy atom. The fourth-order valence-electron chi connectivity index (χ4n) is 2.77. The van der Waals surface area contributed by atoms with Crippen LogP contribution in [0.25, 0.3) is 10.8 Å². The van der Waals surface area contributed by atoms with Gasteiger partial charge >= 0.3 is 6.18 Å². The van der Waals surface area contributed by atoms with Gasteiger partial charge in [-0.15, -0.1) is 0 Å². The van der Waals surface area contributed by atoms with Crippen LogP contribution < -0.4 is 21.5 Å². The topological polar surface area (TPSA) is 81.8 Å². The summed E-state index contributed by atoms with van der Waals surface area (Å²) in [5, 5.41) is 16.3. The molecule has 0 saturated heterocycles. The molecule has 0 fully saturated rings. The summed E-state index contributed by atoms with van der Waals surface area (Å²) < 4.78 is 39.4. The lowest BCUT2D eigenvalue weighted by atomic mass is 10.1. The van der Waals surface area contributed by atoms with Crippen molar-refractivity contribution in [2.24, 2.45) is 0 Å². The number of halogens is 4. The van der Waals surface area contributed by atoms with Crippen LogP contribution >= 0.6 is 23.8 Å². The maximum Gasteiger partial charge on any atom is 0.418 e. The monoisotopic (exact) mass is 455 g/mol. The molecular weight excluding hydrogens is 439 g/mol. The van der Waals surface area contributed by atoms with E-state index in [0.717, 1.165) is 6.07 Å². The third-order valence-electron chi connectivity index (χ3n) is 4.16. The quantitative estimate of drug-likeness (QED) is 0.326. The first-order valence-electron chi connectivity index (χ1n) is 8.88. The van der Waals surface area contributed by atoms with Gasteiger partial charge in [0.05, 0.1) is 16.6 Å². The Labute approximate surface area is 179 Å². The van der Waals surface area contributed by atoms with Crippen LogP contribution in [-0.4, -0.2) is 28.4 Å². The minimum atomic E-state index is -4.56. The minimum absolute atomic E-state index is 0.0128. The summed E-state index contributed by atoms with van der Waals surface area (Å²) >= 11 is 10.7. The van der Waals surface area contributed by atoms with Gasteiger partial charge in [0.1, 0.15) is 0 Å². The van der Waals surface area contributed by atoms with Crippen molar-refractivity contribution in [2.45, 2.75) is 12.6 Å². The predicted octanol–water partition coefficient (Wildman–Crippen LogP) is 4.38. The molecule has 0 radical (unpaired) electrons. The number of anilines is 2. The van der Waals surface area contributed by atoms with Crippen molar-refractivity contribution in [3.05, 3.63) is 63.4 Å². The van der Waals surface area contributed by atoms with Gasteiger partial charge in [-0.1, -0.05) is 29.8 Å². The molecule has 4 N–H and O–H groups in total. The first kappa shape index (κ1) is 21.8. The summed E-state index contributed by atoms with van der Waals surface area (Å²) in [5.41, 5.74) is -1.34. The number of nitrogens with one attached hydrogen (secondary N) is 4. The third-order valence-corrected chi connectivity index (χ3v) is 4.64. The summed E-state index contributed by atoms with van der Waals surface area (Å²) in [5.74, 6) is 0.543. The largest absolute Gasteiger partial charge is 0.418 e. The van der Waals surface area contributed by atoms with Gasteiger partial charge in [0, 0.05) is 23.5 Å². The molecule has 3 rings (SSSR count). The fraction of sp³-hybridized carbons (Fsp3) is 0.211. The molecule has 1 heterocycles. The SMILES string of the molecule is O=c1[nH]nc(NCCCNC(=S)Nc2ccc(Cl)cc2C(F)(F)F)c2ccccc12. The van der Waals surface area contributed by atoms with Crippen LogP contribution in [0.15, 0.2) is 47.3 Å².